The highest BCUT2D eigenvalue weighted by molar-refractivity contribution is 5.79. The lowest BCUT2D eigenvalue weighted by atomic mass is 10.1. The van der Waals surface area contributed by atoms with Crippen LogP contribution in [0.5, 0.6) is 5.75 Å². The summed E-state index contributed by atoms with van der Waals surface area (Å²) in [6.45, 7) is 10.7. The van der Waals surface area contributed by atoms with Gasteiger partial charge in [-0.05, 0) is 50.3 Å². The Balaban J connectivity index is 1.63. The minimum absolute atomic E-state index is 0.577. The zero-order valence-corrected chi connectivity index (χ0v) is 17.5. The second-order valence-corrected chi connectivity index (χ2v) is 7.09. The highest BCUT2D eigenvalue weighted by Crippen LogP contribution is 2.14. The lowest BCUT2D eigenvalue weighted by Gasteiger charge is -2.12. The Morgan fingerprint density at radius 1 is 1.25 bits per heavy atom. The first-order valence-corrected chi connectivity index (χ1v) is 10.7. The van der Waals surface area contributed by atoms with Gasteiger partial charge < -0.3 is 24.8 Å². The number of hydrogen-bond donors (Lipinski definition) is 2. The van der Waals surface area contributed by atoms with E-state index in [4.69, 9.17) is 14.2 Å². The van der Waals surface area contributed by atoms with Gasteiger partial charge in [0, 0.05) is 38.8 Å². The van der Waals surface area contributed by atoms with Crippen LogP contribution in [0.4, 0.5) is 0 Å². The quantitative estimate of drug-likeness (QED) is 0.307. The van der Waals surface area contributed by atoms with Crippen molar-refractivity contribution < 1.29 is 14.2 Å². The molecule has 6 heteroatoms. The average molecular weight is 392 g/mol. The molecule has 1 fully saturated rings. The molecule has 0 spiro atoms. The van der Waals surface area contributed by atoms with Crippen LogP contribution in [0, 0.1) is 5.92 Å². The maximum absolute atomic E-state index is 5.74. The average Bonchev–Trinajstić information content (AvgIpc) is 3.23. The number of aliphatic imine (C=N–C) groups is 1. The number of ether oxygens (including phenoxy) is 3. The monoisotopic (exact) mass is 391 g/mol. The highest BCUT2D eigenvalue weighted by atomic mass is 16.5. The molecule has 6 nitrogen and oxygen atoms in total. The number of rotatable bonds is 13. The summed E-state index contributed by atoms with van der Waals surface area (Å²) in [6, 6.07) is 8.32. The van der Waals surface area contributed by atoms with Crippen LogP contribution in [0.2, 0.25) is 0 Å². The summed E-state index contributed by atoms with van der Waals surface area (Å²) < 4.78 is 16.8. The second kappa shape index (κ2) is 14.2. The van der Waals surface area contributed by atoms with E-state index in [1.807, 2.05) is 6.07 Å². The first-order valence-electron chi connectivity index (χ1n) is 10.7. The molecule has 1 aromatic rings. The molecular weight excluding hydrogens is 354 g/mol. The van der Waals surface area contributed by atoms with Gasteiger partial charge >= 0.3 is 0 Å². The van der Waals surface area contributed by atoms with Crippen molar-refractivity contribution in [2.45, 2.75) is 39.5 Å². The van der Waals surface area contributed by atoms with Gasteiger partial charge in [0.2, 0.25) is 0 Å². The molecule has 0 aromatic heterocycles. The Kier molecular flexibility index (Phi) is 11.4. The molecule has 0 radical (unpaired) electrons. The lowest BCUT2D eigenvalue weighted by molar-refractivity contribution is 0.0893. The van der Waals surface area contributed by atoms with Gasteiger partial charge in [0.1, 0.15) is 5.75 Å². The van der Waals surface area contributed by atoms with Gasteiger partial charge in [-0.25, -0.2) is 0 Å². The Morgan fingerprint density at radius 3 is 2.96 bits per heavy atom. The van der Waals surface area contributed by atoms with Crippen molar-refractivity contribution in [3.63, 3.8) is 0 Å². The van der Waals surface area contributed by atoms with Gasteiger partial charge in [-0.2, -0.15) is 0 Å². The predicted octanol–water partition coefficient (Wildman–Crippen LogP) is 3.02. The van der Waals surface area contributed by atoms with Crippen molar-refractivity contribution in [1.82, 2.24) is 10.6 Å². The highest BCUT2D eigenvalue weighted by Gasteiger charge is 2.15. The van der Waals surface area contributed by atoms with E-state index >= 15 is 0 Å². The molecule has 2 N–H and O–H groups in total. The summed E-state index contributed by atoms with van der Waals surface area (Å²) in [5.74, 6) is 2.39. The van der Waals surface area contributed by atoms with E-state index in [2.05, 4.69) is 47.7 Å². The molecule has 2 rings (SSSR count). The summed E-state index contributed by atoms with van der Waals surface area (Å²) >= 11 is 0. The van der Waals surface area contributed by atoms with Gasteiger partial charge in [0.05, 0.1) is 19.8 Å². The van der Waals surface area contributed by atoms with Crippen molar-refractivity contribution in [3.05, 3.63) is 29.8 Å². The van der Waals surface area contributed by atoms with Crippen LogP contribution in [0.1, 0.15) is 38.7 Å². The summed E-state index contributed by atoms with van der Waals surface area (Å²) in [4.78, 5) is 4.64. The van der Waals surface area contributed by atoms with Gasteiger partial charge in [-0.1, -0.05) is 19.1 Å². The zero-order chi connectivity index (χ0) is 19.9. The van der Waals surface area contributed by atoms with E-state index < -0.39 is 0 Å². The Labute approximate surface area is 170 Å². The van der Waals surface area contributed by atoms with Crippen LogP contribution in [-0.2, 0) is 15.9 Å². The molecule has 1 atom stereocenters. The molecule has 0 saturated carbocycles. The van der Waals surface area contributed by atoms with Crippen LogP contribution in [0.25, 0.3) is 0 Å². The first-order chi connectivity index (χ1) is 13.8. The molecule has 1 unspecified atom stereocenters. The molecule has 1 saturated heterocycles. The summed E-state index contributed by atoms with van der Waals surface area (Å²) in [5, 5.41) is 6.71. The van der Waals surface area contributed by atoms with Crippen LogP contribution in [0.3, 0.4) is 0 Å². The van der Waals surface area contributed by atoms with E-state index in [9.17, 15) is 0 Å². The SMILES string of the molecule is CCCOc1cccc(CCNC(=NCCCOCC2CCOC2)NCC)c1. The fourth-order valence-electron chi connectivity index (χ4n) is 3.00. The number of benzene rings is 1. The van der Waals surface area contributed by atoms with E-state index in [1.165, 1.54) is 5.56 Å². The van der Waals surface area contributed by atoms with E-state index in [1.54, 1.807) is 0 Å². The maximum Gasteiger partial charge on any atom is 0.191 e. The first kappa shape index (κ1) is 22.5. The molecule has 0 aliphatic carbocycles. The minimum atomic E-state index is 0.577. The van der Waals surface area contributed by atoms with Gasteiger partial charge in [-0.3, -0.25) is 4.99 Å². The lowest BCUT2D eigenvalue weighted by Crippen LogP contribution is -2.38. The van der Waals surface area contributed by atoms with Crippen LogP contribution in [-0.4, -0.2) is 58.6 Å². The van der Waals surface area contributed by atoms with Crippen LogP contribution in [0.15, 0.2) is 29.3 Å². The predicted molar refractivity (Wildman–Crippen MR) is 114 cm³/mol. The molecule has 1 aliphatic rings. The number of nitrogens with zero attached hydrogens (tertiary/aromatic N) is 1. The standard InChI is InChI=1S/C22H37N3O3/c1-3-13-28-21-8-5-7-19(16-21)9-12-25-22(23-4-2)24-11-6-14-26-17-20-10-15-27-18-20/h5,7-8,16,20H,3-4,6,9-15,17-18H2,1-2H3,(H2,23,24,25). The Bertz CT molecular complexity index is 560. The zero-order valence-electron chi connectivity index (χ0n) is 17.5. The van der Waals surface area contributed by atoms with Crippen molar-refractivity contribution >= 4 is 5.96 Å². The third-order valence-electron chi connectivity index (χ3n) is 4.52. The Hall–Kier alpha value is -1.79. The van der Waals surface area contributed by atoms with E-state index in [0.717, 1.165) is 90.1 Å². The van der Waals surface area contributed by atoms with Crippen LogP contribution < -0.4 is 15.4 Å². The topological polar surface area (TPSA) is 64.1 Å². The Morgan fingerprint density at radius 2 is 2.18 bits per heavy atom. The van der Waals surface area contributed by atoms with Gasteiger partial charge in [0.15, 0.2) is 5.96 Å². The maximum atomic E-state index is 5.74. The summed E-state index contributed by atoms with van der Waals surface area (Å²) in [5.41, 5.74) is 1.27. The van der Waals surface area contributed by atoms with Crippen molar-refractivity contribution in [2.24, 2.45) is 10.9 Å². The summed E-state index contributed by atoms with van der Waals surface area (Å²) in [6.07, 6.45) is 4.01. The number of guanidine groups is 1. The number of hydrogen-bond acceptors (Lipinski definition) is 4. The molecule has 0 amide bonds. The molecule has 1 aliphatic heterocycles. The van der Waals surface area contributed by atoms with Gasteiger partial charge in [0.25, 0.3) is 0 Å². The third kappa shape index (κ3) is 9.42. The fourth-order valence-corrected chi connectivity index (χ4v) is 3.00. The molecule has 158 valence electrons. The largest absolute Gasteiger partial charge is 0.494 e. The fraction of sp³-hybridized carbons (Fsp3) is 0.682. The smallest absolute Gasteiger partial charge is 0.191 e. The van der Waals surface area contributed by atoms with Crippen molar-refractivity contribution in [3.8, 4) is 5.75 Å². The molecule has 1 heterocycles. The molecule has 28 heavy (non-hydrogen) atoms. The molecule has 1 aromatic carbocycles. The van der Waals surface area contributed by atoms with E-state index in [0.29, 0.717) is 5.92 Å². The second-order valence-electron chi connectivity index (χ2n) is 7.09. The van der Waals surface area contributed by atoms with Crippen molar-refractivity contribution in [1.29, 1.82) is 0 Å². The molecule has 0 bridgehead atoms. The minimum Gasteiger partial charge on any atom is -0.494 e. The number of nitrogens with one attached hydrogen (secondary N) is 2. The normalized spacial score (nSPS) is 16.9. The molecular formula is C22H37N3O3. The van der Waals surface area contributed by atoms with Crippen molar-refractivity contribution in [2.75, 3.05) is 52.7 Å². The van der Waals surface area contributed by atoms with E-state index in [-0.39, 0.29) is 0 Å². The van der Waals surface area contributed by atoms with Gasteiger partial charge in [-0.15, -0.1) is 0 Å². The third-order valence-corrected chi connectivity index (χ3v) is 4.52. The summed E-state index contributed by atoms with van der Waals surface area (Å²) in [7, 11) is 0. The van der Waals surface area contributed by atoms with Crippen LogP contribution >= 0.6 is 0 Å².